The van der Waals surface area contributed by atoms with E-state index in [4.69, 9.17) is 9.47 Å². The molecule has 0 aliphatic carbocycles. The lowest BCUT2D eigenvalue weighted by atomic mass is 9.84. The molecule has 27 heavy (non-hydrogen) atoms. The molecular weight excluding hydrogens is 338 g/mol. The quantitative estimate of drug-likeness (QED) is 0.816. The molecule has 0 radical (unpaired) electrons. The van der Waals surface area contributed by atoms with Gasteiger partial charge in [-0.3, -0.25) is 9.88 Å². The SMILES string of the molecule is Cc1cncc(COC2CCOC3(C2)CN(Cc2ccccc2C#N)C3)c1. The highest BCUT2D eigenvalue weighted by Gasteiger charge is 2.47. The number of ether oxygens (including phenoxy) is 2. The van der Waals surface area contributed by atoms with Gasteiger partial charge >= 0.3 is 0 Å². The molecular formula is C22H25N3O2. The molecule has 5 heteroatoms. The van der Waals surface area contributed by atoms with Gasteiger partial charge in [-0.2, -0.15) is 5.26 Å². The number of likely N-dealkylation sites (tertiary alicyclic amines) is 1. The standard InChI is InChI=1S/C22H25N3O2/c1-17-8-18(12-24-11-17)14-26-21-6-7-27-22(9-21)15-25(16-22)13-20-5-3-2-4-19(20)10-23/h2-5,8,11-12,21H,6-7,9,13-16H2,1H3. The van der Waals surface area contributed by atoms with Crippen LogP contribution in [0.15, 0.2) is 42.7 Å². The van der Waals surface area contributed by atoms with Crippen LogP contribution in [0.1, 0.15) is 35.1 Å². The van der Waals surface area contributed by atoms with Crippen molar-refractivity contribution in [3.63, 3.8) is 0 Å². The molecule has 1 aromatic carbocycles. The molecule has 3 heterocycles. The van der Waals surface area contributed by atoms with Gasteiger partial charge in [0, 0.05) is 45.1 Å². The number of aryl methyl sites for hydroxylation is 1. The second-order valence-electron chi connectivity index (χ2n) is 7.74. The Bertz CT molecular complexity index is 839. The first kappa shape index (κ1) is 18.1. The maximum atomic E-state index is 9.25. The minimum atomic E-state index is -0.0879. The van der Waals surface area contributed by atoms with E-state index < -0.39 is 0 Å². The van der Waals surface area contributed by atoms with Crippen molar-refractivity contribution in [1.29, 1.82) is 5.26 Å². The molecule has 2 aliphatic rings. The van der Waals surface area contributed by atoms with Crippen LogP contribution >= 0.6 is 0 Å². The van der Waals surface area contributed by atoms with Gasteiger partial charge in [0.15, 0.2) is 0 Å². The molecule has 2 aliphatic heterocycles. The van der Waals surface area contributed by atoms with Crippen LogP contribution < -0.4 is 0 Å². The minimum absolute atomic E-state index is 0.0879. The number of hydrogen-bond acceptors (Lipinski definition) is 5. The zero-order valence-corrected chi connectivity index (χ0v) is 15.7. The summed E-state index contributed by atoms with van der Waals surface area (Å²) in [5.41, 5.74) is 4.04. The van der Waals surface area contributed by atoms with Crippen molar-refractivity contribution < 1.29 is 9.47 Å². The van der Waals surface area contributed by atoms with E-state index in [0.717, 1.165) is 61.3 Å². The first-order chi connectivity index (χ1) is 13.2. The molecule has 1 unspecified atom stereocenters. The zero-order valence-electron chi connectivity index (χ0n) is 15.7. The fourth-order valence-electron chi connectivity index (χ4n) is 4.14. The van der Waals surface area contributed by atoms with Crippen molar-refractivity contribution in [1.82, 2.24) is 9.88 Å². The highest BCUT2D eigenvalue weighted by atomic mass is 16.5. The van der Waals surface area contributed by atoms with Gasteiger partial charge in [-0.15, -0.1) is 0 Å². The number of pyridine rings is 1. The fourth-order valence-corrected chi connectivity index (χ4v) is 4.14. The normalized spacial score (nSPS) is 21.6. The maximum absolute atomic E-state index is 9.25. The zero-order chi connectivity index (χ0) is 18.7. The minimum Gasteiger partial charge on any atom is -0.373 e. The second kappa shape index (κ2) is 7.77. The van der Waals surface area contributed by atoms with E-state index in [0.29, 0.717) is 6.61 Å². The summed E-state index contributed by atoms with van der Waals surface area (Å²) in [5, 5.41) is 9.25. The Morgan fingerprint density at radius 1 is 1.33 bits per heavy atom. The van der Waals surface area contributed by atoms with Gasteiger partial charge in [-0.1, -0.05) is 24.3 Å². The Labute approximate surface area is 160 Å². The summed E-state index contributed by atoms with van der Waals surface area (Å²) in [6.45, 7) is 6.01. The molecule has 1 aromatic heterocycles. The Morgan fingerprint density at radius 2 is 2.19 bits per heavy atom. The molecule has 0 N–H and O–H groups in total. The third-order valence-electron chi connectivity index (χ3n) is 5.42. The van der Waals surface area contributed by atoms with Gasteiger partial charge in [0.05, 0.1) is 29.9 Å². The molecule has 1 atom stereocenters. The number of hydrogen-bond donors (Lipinski definition) is 0. The predicted octanol–water partition coefficient (Wildman–Crippen LogP) is 3.21. The summed E-state index contributed by atoms with van der Waals surface area (Å²) >= 11 is 0. The lowest BCUT2D eigenvalue weighted by molar-refractivity contribution is -0.200. The van der Waals surface area contributed by atoms with Crippen molar-refractivity contribution in [3.8, 4) is 6.07 Å². The van der Waals surface area contributed by atoms with Crippen molar-refractivity contribution in [2.75, 3.05) is 19.7 Å². The first-order valence-corrected chi connectivity index (χ1v) is 9.52. The Kier molecular flexibility index (Phi) is 5.22. The summed E-state index contributed by atoms with van der Waals surface area (Å²) in [4.78, 5) is 6.58. The summed E-state index contributed by atoms with van der Waals surface area (Å²) in [7, 11) is 0. The van der Waals surface area contributed by atoms with Gasteiger partial charge < -0.3 is 9.47 Å². The van der Waals surface area contributed by atoms with E-state index in [1.165, 1.54) is 0 Å². The van der Waals surface area contributed by atoms with Crippen LogP contribution in [-0.4, -0.2) is 41.3 Å². The van der Waals surface area contributed by atoms with Crippen LogP contribution in [-0.2, 0) is 22.6 Å². The fraction of sp³-hybridized carbons (Fsp3) is 0.455. The van der Waals surface area contributed by atoms with Gasteiger partial charge in [0.25, 0.3) is 0 Å². The van der Waals surface area contributed by atoms with Crippen LogP contribution in [0.5, 0.6) is 0 Å². The molecule has 0 amide bonds. The molecule has 0 saturated carbocycles. The van der Waals surface area contributed by atoms with Crippen LogP contribution in [0.4, 0.5) is 0 Å². The molecule has 2 aromatic rings. The molecule has 2 fully saturated rings. The van der Waals surface area contributed by atoms with E-state index >= 15 is 0 Å². The largest absolute Gasteiger partial charge is 0.373 e. The second-order valence-corrected chi connectivity index (χ2v) is 7.74. The van der Waals surface area contributed by atoms with Crippen LogP contribution in [0, 0.1) is 18.3 Å². The Morgan fingerprint density at radius 3 is 3.00 bits per heavy atom. The average molecular weight is 363 g/mol. The monoisotopic (exact) mass is 363 g/mol. The number of benzene rings is 1. The van der Waals surface area contributed by atoms with Crippen LogP contribution in [0.2, 0.25) is 0 Å². The van der Waals surface area contributed by atoms with E-state index in [-0.39, 0.29) is 11.7 Å². The Balaban J connectivity index is 1.30. The maximum Gasteiger partial charge on any atom is 0.0995 e. The Hall–Kier alpha value is -2.26. The van der Waals surface area contributed by atoms with Crippen LogP contribution in [0.3, 0.4) is 0 Å². The van der Waals surface area contributed by atoms with Gasteiger partial charge in [-0.05, 0) is 36.1 Å². The highest BCUT2D eigenvalue weighted by Crippen LogP contribution is 2.36. The van der Waals surface area contributed by atoms with E-state index in [1.54, 1.807) is 0 Å². The average Bonchev–Trinajstić information content (AvgIpc) is 2.66. The molecule has 0 bridgehead atoms. The summed E-state index contributed by atoms with van der Waals surface area (Å²) in [6.07, 6.45) is 5.84. The number of aromatic nitrogens is 1. The lowest BCUT2D eigenvalue weighted by Gasteiger charge is -2.53. The van der Waals surface area contributed by atoms with Crippen molar-refractivity contribution >= 4 is 0 Å². The van der Waals surface area contributed by atoms with E-state index in [1.807, 2.05) is 43.6 Å². The number of rotatable bonds is 5. The first-order valence-electron chi connectivity index (χ1n) is 9.52. The smallest absolute Gasteiger partial charge is 0.0995 e. The van der Waals surface area contributed by atoms with Crippen molar-refractivity contribution in [2.45, 2.75) is 44.6 Å². The van der Waals surface area contributed by atoms with Gasteiger partial charge in [0.2, 0.25) is 0 Å². The summed E-state index contributed by atoms with van der Waals surface area (Å²) < 4.78 is 12.3. The van der Waals surface area contributed by atoms with Gasteiger partial charge in [0.1, 0.15) is 0 Å². The summed E-state index contributed by atoms with van der Waals surface area (Å²) in [6, 6.07) is 12.2. The van der Waals surface area contributed by atoms with Crippen molar-refractivity contribution in [3.05, 3.63) is 65.0 Å². The molecule has 2 saturated heterocycles. The van der Waals surface area contributed by atoms with Gasteiger partial charge in [-0.25, -0.2) is 0 Å². The molecule has 5 nitrogen and oxygen atoms in total. The van der Waals surface area contributed by atoms with E-state index in [2.05, 4.69) is 22.0 Å². The third-order valence-corrected chi connectivity index (χ3v) is 5.42. The van der Waals surface area contributed by atoms with Crippen LogP contribution in [0.25, 0.3) is 0 Å². The number of nitrogens with zero attached hydrogens (tertiary/aromatic N) is 3. The van der Waals surface area contributed by atoms with Crippen molar-refractivity contribution in [2.24, 2.45) is 0 Å². The van der Waals surface area contributed by atoms with E-state index in [9.17, 15) is 5.26 Å². The molecule has 140 valence electrons. The third kappa shape index (κ3) is 4.19. The molecule has 1 spiro atoms. The highest BCUT2D eigenvalue weighted by molar-refractivity contribution is 5.37. The molecule has 4 rings (SSSR count). The predicted molar refractivity (Wildman–Crippen MR) is 102 cm³/mol. The topological polar surface area (TPSA) is 58.4 Å². The summed E-state index contributed by atoms with van der Waals surface area (Å²) in [5.74, 6) is 0. The number of nitriles is 1. The lowest BCUT2D eigenvalue weighted by Crippen LogP contribution is -2.65.